The van der Waals surface area contributed by atoms with Crippen molar-refractivity contribution in [3.8, 4) is 0 Å². The molecule has 0 fully saturated rings. The number of nitrogens with zero attached hydrogens (tertiary/aromatic N) is 1. The lowest BCUT2D eigenvalue weighted by atomic mass is 10.1. The van der Waals surface area contributed by atoms with Crippen LogP contribution in [0.1, 0.15) is 47.0 Å². The van der Waals surface area contributed by atoms with Gasteiger partial charge in [0.15, 0.2) is 5.96 Å². The fourth-order valence-corrected chi connectivity index (χ4v) is 1.43. The molecule has 0 aromatic rings. The second kappa shape index (κ2) is 11.3. The van der Waals surface area contributed by atoms with Crippen molar-refractivity contribution in [2.24, 2.45) is 10.9 Å². The van der Waals surface area contributed by atoms with E-state index in [0.29, 0.717) is 12.0 Å². The first-order valence-corrected chi connectivity index (χ1v) is 7.15. The molecular formula is C14H31N3O. The summed E-state index contributed by atoms with van der Waals surface area (Å²) in [6.07, 6.45) is 3.42. The van der Waals surface area contributed by atoms with E-state index in [4.69, 9.17) is 4.74 Å². The number of methoxy groups -OCH3 is 1. The van der Waals surface area contributed by atoms with Crippen LogP contribution in [0.15, 0.2) is 4.99 Å². The highest BCUT2D eigenvalue weighted by molar-refractivity contribution is 5.80. The maximum absolute atomic E-state index is 5.03. The van der Waals surface area contributed by atoms with Gasteiger partial charge in [0, 0.05) is 32.8 Å². The number of ether oxygens (including phenoxy) is 1. The molecule has 0 saturated carbocycles. The summed E-state index contributed by atoms with van der Waals surface area (Å²) in [5.41, 5.74) is 0. The van der Waals surface area contributed by atoms with Gasteiger partial charge in [-0.05, 0) is 39.0 Å². The summed E-state index contributed by atoms with van der Waals surface area (Å²) in [5.74, 6) is 1.54. The Labute approximate surface area is 113 Å². The Kier molecular flexibility index (Phi) is 10.8. The van der Waals surface area contributed by atoms with Crippen LogP contribution in [-0.4, -0.2) is 38.8 Å². The molecule has 1 atom stereocenters. The van der Waals surface area contributed by atoms with Crippen LogP contribution < -0.4 is 10.6 Å². The van der Waals surface area contributed by atoms with E-state index in [1.54, 1.807) is 7.11 Å². The van der Waals surface area contributed by atoms with E-state index in [-0.39, 0.29) is 0 Å². The van der Waals surface area contributed by atoms with Gasteiger partial charge in [0.2, 0.25) is 0 Å². The van der Waals surface area contributed by atoms with E-state index >= 15 is 0 Å². The molecule has 0 amide bonds. The van der Waals surface area contributed by atoms with Crippen molar-refractivity contribution in [2.75, 3.05) is 26.8 Å². The minimum atomic E-state index is 0.441. The smallest absolute Gasteiger partial charge is 0.191 e. The lowest BCUT2D eigenvalue weighted by molar-refractivity contribution is 0.192. The Morgan fingerprint density at radius 2 is 1.89 bits per heavy atom. The predicted octanol–water partition coefficient (Wildman–Crippen LogP) is 2.40. The third kappa shape index (κ3) is 9.28. The van der Waals surface area contributed by atoms with Crippen molar-refractivity contribution in [3.05, 3.63) is 0 Å². The first-order chi connectivity index (χ1) is 8.61. The summed E-state index contributed by atoms with van der Waals surface area (Å²) in [6.45, 7) is 11.3. The van der Waals surface area contributed by atoms with E-state index in [9.17, 15) is 0 Å². The first kappa shape index (κ1) is 17.2. The third-order valence-corrected chi connectivity index (χ3v) is 2.99. The Morgan fingerprint density at radius 1 is 1.17 bits per heavy atom. The second-order valence-corrected chi connectivity index (χ2v) is 4.99. The summed E-state index contributed by atoms with van der Waals surface area (Å²) in [7, 11) is 1.75. The van der Waals surface area contributed by atoms with Crippen LogP contribution in [-0.2, 0) is 4.74 Å². The van der Waals surface area contributed by atoms with Gasteiger partial charge in [-0.15, -0.1) is 0 Å². The topological polar surface area (TPSA) is 45.7 Å². The molecule has 0 rings (SSSR count). The minimum Gasteiger partial charge on any atom is -0.385 e. The van der Waals surface area contributed by atoms with Crippen molar-refractivity contribution in [1.29, 1.82) is 0 Å². The van der Waals surface area contributed by atoms with Crippen LogP contribution in [0.5, 0.6) is 0 Å². The molecule has 0 saturated heterocycles. The number of hydrogen-bond donors (Lipinski definition) is 2. The largest absolute Gasteiger partial charge is 0.385 e. The molecular weight excluding hydrogens is 226 g/mol. The second-order valence-electron chi connectivity index (χ2n) is 4.99. The van der Waals surface area contributed by atoms with E-state index in [0.717, 1.165) is 38.5 Å². The van der Waals surface area contributed by atoms with Crippen LogP contribution in [0.4, 0.5) is 0 Å². The molecule has 18 heavy (non-hydrogen) atoms. The molecule has 0 aliphatic carbocycles. The highest BCUT2D eigenvalue weighted by Gasteiger charge is 2.08. The number of guanidine groups is 1. The summed E-state index contributed by atoms with van der Waals surface area (Å²) in [4.78, 5) is 4.59. The van der Waals surface area contributed by atoms with Crippen molar-refractivity contribution >= 4 is 5.96 Å². The molecule has 108 valence electrons. The summed E-state index contributed by atoms with van der Waals surface area (Å²) in [5, 5.41) is 6.72. The van der Waals surface area contributed by atoms with Crippen LogP contribution in [0, 0.1) is 5.92 Å². The fourth-order valence-electron chi connectivity index (χ4n) is 1.43. The SMILES string of the molecule is CCNC(=NCCCCCOC)NC(C)C(C)C. The zero-order chi connectivity index (χ0) is 13.8. The average Bonchev–Trinajstić information content (AvgIpc) is 2.33. The first-order valence-electron chi connectivity index (χ1n) is 7.15. The average molecular weight is 257 g/mol. The monoisotopic (exact) mass is 257 g/mol. The Balaban J connectivity index is 3.92. The molecule has 0 aromatic heterocycles. The summed E-state index contributed by atoms with van der Waals surface area (Å²) < 4.78 is 5.03. The van der Waals surface area contributed by atoms with Crippen molar-refractivity contribution < 1.29 is 4.74 Å². The van der Waals surface area contributed by atoms with Gasteiger partial charge in [-0.25, -0.2) is 0 Å². The molecule has 0 bridgehead atoms. The quantitative estimate of drug-likeness (QED) is 0.379. The van der Waals surface area contributed by atoms with Gasteiger partial charge in [-0.3, -0.25) is 4.99 Å². The molecule has 0 aliphatic rings. The zero-order valence-electron chi connectivity index (χ0n) is 12.8. The maximum atomic E-state index is 5.03. The van der Waals surface area contributed by atoms with E-state index < -0.39 is 0 Å². The summed E-state index contributed by atoms with van der Waals surface area (Å²) in [6, 6.07) is 0.441. The lowest BCUT2D eigenvalue weighted by Gasteiger charge is -2.20. The third-order valence-electron chi connectivity index (χ3n) is 2.99. The molecule has 0 spiro atoms. The van der Waals surface area contributed by atoms with Gasteiger partial charge >= 0.3 is 0 Å². The van der Waals surface area contributed by atoms with Crippen molar-refractivity contribution in [2.45, 2.75) is 53.0 Å². The normalized spacial score (nSPS) is 13.8. The fraction of sp³-hybridized carbons (Fsp3) is 0.929. The molecule has 4 nitrogen and oxygen atoms in total. The highest BCUT2D eigenvalue weighted by Crippen LogP contribution is 2.00. The Morgan fingerprint density at radius 3 is 2.44 bits per heavy atom. The molecule has 1 unspecified atom stereocenters. The van der Waals surface area contributed by atoms with Gasteiger partial charge in [0.25, 0.3) is 0 Å². The Bertz CT molecular complexity index is 217. The van der Waals surface area contributed by atoms with Crippen LogP contribution >= 0.6 is 0 Å². The molecule has 2 N–H and O–H groups in total. The number of aliphatic imine (C=N–C) groups is 1. The highest BCUT2D eigenvalue weighted by atomic mass is 16.5. The zero-order valence-corrected chi connectivity index (χ0v) is 12.8. The number of unbranched alkanes of at least 4 members (excludes halogenated alkanes) is 2. The predicted molar refractivity (Wildman–Crippen MR) is 79.1 cm³/mol. The maximum Gasteiger partial charge on any atom is 0.191 e. The van der Waals surface area contributed by atoms with Gasteiger partial charge in [-0.1, -0.05) is 13.8 Å². The van der Waals surface area contributed by atoms with Crippen LogP contribution in [0.25, 0.3) is 0 Å². The molecule has 4 heteroatoms. The number of nitrogens with one attached hydrogen (secondary N) is 2. The molecule has 0 radical (unpaired) electrons. The van der Waals surface area contributed by atoms with Crippen LogP contribution in [0.2, 0.25) is 0 Å². The Hall–Kier alpha value is -0.770. The number of hydrogen-bond acceptors (Lipinski definition) is 2. The van der Waals surface area contributed by atoms with E-state index in [1.807, 2.05) is 0 Å². The molecule has 0 aliphatic heterocycles. The van der Waals surface area contributed by atoms with Crippen molar-refractivity contribution in [1.82, 2.24) is 10.6 Å². The lowest BCUT2D eigenvalue weighted by Crippen LogP contribution is -2.44. The standard InChI is InChI=1S/C14H31N3O/c1-6-15-14(17-13(4)12(2)3)16-10-8-7-9-11-18-5/h12-13H,6-11H2,1-5H3,(H2,15,16,17). The van der Waals surface area contributed by atoms with Crippen molar-refractivity contribution in [3.63, 3.8) is 0 Å². The van der Waals surface area contributed by atoms with Gasteiger partial charge < -0.3 is 15.4 Å². The van der Waals surface area contributed by atoms with E-state index in [1.165, 1.54) is 6.42 Å². The van der Waals surface area contributed by atoms with Gasteiger partial charge in [0.1, 0.15) is 0 Å². The summed E-state index contributed by atoms with van der Waals surface area (Å²) >= 11 is 0. The van der Waals surface area contributed by atoms with E-state index in [2.05, 4.69) is 43.3 Å². The minimum absolute atomic E-state index is 0.441. The molecule has 0 heterocycles. The van der Waals surface area contributed by atoms with Crippen LogP contribution in [0.3, 0.4) is 0 Å². The molecule has 0 aromatic carbocycles. The van der Waals surface area contributed by atoms with Gasteiger partial charge in [0.05, 0.1) is 0 Å². The number of rotatable bonds is 9. The van der Waals surface area contributed by atoms with Gasteiger partial charge in [-0.2, -0.15) is 0 Å².